The molecule has 94 valence electrons. The minimum atomic E-state index is 0.131. The first-order valence-electron chi connectivity index (χ1n) is 6.24. The Labute approximate surface area is 98.2 Å². The van der Waals surface area contributed by atoms with Crippen molar-refractivity contribution < 1.29 is 9.59 Å². The average Bonchev–Trinajstić information content (AvgIpc) is 2.24. The van der Waals surface area contributed by atoms with E-state index in [0.717, 1.165) is 25.7 Å². The van der Waals surface area contributed by atoms with E-state index in [1.165, 1.54) is 0 Å². The average molecular weight is 228 g/mol. The molecule has 4 nitrogen and oxygen atoms in total. The van der Waals surface area contributed by atoms with Crippen molar-refractivity contribution in [3.63, 3.8) is 0 Å². The summed E-state index contributed by atoms with van der Waals surface area (Å²) in [5.74, 6) is 0.262. The lowest BCUT2D eigenvalue weighted by Crippen LogP contribution is -2.22. The molecule has 16 heavy (non-hydrogen) atoms. The third kappa shape index (κ3) is 9.49. The number of nitrogens with one attached hydrogen (secondary N) is 2. The highest BCUT2D eigenvalue weighted by Gasteiger charge is 2.00. The lowest BCUT2D eigenvalue weighted by Gasteiger charge is -2.03. The fourth-order valence-corrected chi connectivity index (χ4v) is 1.50. The summed E-state index contributed by atoms with van der Waals surface area (Å²) in [6.45, 7) is 5.25. The number of hydrogen-bond acceptors (Lipinski definition) is 2. The first-order chi connectivity index (χ1) is 7.70. The van der Waals surface area contributed by atoms with Crippen LogP contribution in [0.1, 0.15) is 52.4 Å². The molecule has 0 spiro atoms. The van der Waals surface area contributed by atoms with Crippen molar-refractivity contribution >= 4 is 11.8 Å². The van der Waals surface area contributed by atoms with Gasteiger partial charge in [0, 0.05) is 25.9 Å². The molecule has 0 aliphatic rings. The fraction of sp³-hybridized carbons (Fsp3) is 0.833. The zero-order chi connectivity index (χ0) is 12.2. The normalized spacial score (nSPS) is 9.88. The zero-order valence-electron chi connectivity index (χ0n) is 10.5. The predicted octanol–water partition coefficient (Wildman–Crippen LogP) is 1.60. The van der Waals surface area contributed by atoms with Gasteiger partial charge in [-0.25, -0.2) is 0 Å². The molecule has 0 fully saturated rings. The third-order valence-corrected chi connectivity index (χ3v) is 2.31. The van der Waals surface area contributed by atoms with Crippen molar-refractivity contribution in [3.8, 4) is 0 Å². The first-order valence-corrected chi connectivity index (χ1v) is 6.24. The summed E-state index contributed by atoms with van der Waals surface area (Å²) in [5, 5.41) is 5.54. The van der Waals surface area contributed by atoms with E-state index < -0.39 is 0 Å². The van der Waals surface area contributed by atoms with Crippen molar-refractivity contribution in [3.05, 3.63) is 0 Å². The SMILES string of the molecule is CCNC(=O)CCCCCCC(=O)NCC. The van der Waals surface area contributed by atoms with Crippen LogP contribution in [0.5, 0.6) is 0 Å². The minimum absolute atomic E-state index is 0.131. The van der Waals surface area contributed by atoms with Crippen LogP contribution in [0.4, 0.5) is 0 Å². The van der Waals surface area contributed by atoms with Gasteiger partial charge in [-0.05, 0) is 26.7 Å². The van der Waals surface area contributed by atoms with E-state index in [2.05, 4.69) is 10.6 Å². The van der Waals surface area contributed by atoms with Crippen LogP contribution < -0.4 is 10.6 Å². The molecular weight excluding hydrogens is 204 g/mol. The molecule has 0 aliphatic heterocycles. The van der Waals surface area contributed by atoms with Gasteiger partial charge in [-0.2, -0.15) is 0 Å². The molecule has 0 aromatic heterocycles. The summed E-state index contributed by atoms with van der Waals surface area (Å²) in [4.78, 5) is 22.2. The second-order valence-corrected chi connectivity index (χ2v) is 3.82. The van der Waals surface area contributed by atoms with Crippen LogP contribution in [0.3, 0.4) is 0 Å². The van der Waals surface area contributed by atoms with E-state index >= 15 is 0 Å². The molecule has 0 saturated carbocycles. The van der Waals surface area contributed by atoms with Crippen LogP contribution in [0, 0.1) is 0 Å². The summed E-state index contributed by atoms with van der Waals surface area (Å²) in [5.41, 5.74) is 0. The van der Waals surface area contributed by atoms with Crippen LogP contribution in [0.2, 0.25) is 0 Å². The highest BCUT2D eigenvalue weighted by Crippen LogP contribution is 2.05. The summed E-state index contributed by atoms with van der Waals surface area (Å²) < 4.78 is 0. The smallest absolute Gasteiger partial charge is 0.219 e. The maximum absolute atomic E-state index is 11.1. The van der Waals surface area contributed by atoms with Crippen molar-refractivity contribution in [1.82, 2.24) is 10.6 Å². The summed E-state index contributed by atoms with van der Waals surface area (Å²) >= 11 is 0. The minimum Gasteiger partial charge on any atom is -0.356 e. The molecule has 0 saturated heterocycles. The lowest BCUT2D eigenvalue weighted by molar-refractivity contribution is -0.122. The molecule has 0 radical (unpaired) electrons. The molecule has 2 N–H and O–H groups in total. The van der Waals surface area contributed by atoms with Crippen LogP contribution >= 0.6 is 0 Å². The van der Waals surface area contributed by atoms with Gasteiger partial charge in [0.15, 0.2) is 0 Å². The number of rotatable bonds is 9. The van der Waals surface area contributed by atoms with Gasteiger partial charge >= 0.3 is 0 Å². The maximum Gasteiger partial charge on any atom is 0.219 e. The van der Waals surface area contributed by atoms with Crippen molar-refractivity contribution in [2.75, 3.05) is 13.1 Å². The van der Waals surface area contributed by atoms with Gasteiger partial charge in [-0.15, -0.1) is 0 Å². The van der Waals surface area contributed by atoms with E-state index in [4.69, 9.17) is 0 Å². The van der Waals surface area contributed by atoms with Gasteiger partial charge in [0.05, 0.1) is 0 Å². The summed E-state index contributed by atoms with van der Waals surface area (Å²) in [6.07, 6.45) is 5.10. The van der Waals surface area contributed by atoms with E-state index in [-0.39, 0.29) is 11.8 Å². The molecule has 0 unspecified atom stereocenters. The second kappa shape index (κ2) is 10.5. The summed E-state index contributed by atoms with van der Waals surface area (Å²) in [7, 11) is 0. The van der Waals surface area contributed by atoms with E-state index in [1.807, 2.05) is 13.8 Å². The first kappa shape index (κ1) is 14.9. The molecule has 0 aromatic rings. The van der Waals surface area contributed by atoms with Crippen LogP contribution in [0.25, 0.3) is 0 Å². The second-order valence-electron chi connectivity index (χ2n) is 3.82. The highest BCUT2D eigenvalue weighted by atomic mass is 16.2. The molecule has 0 aromatic carbocycles. The molecule has 0 bridgehead atoms. The van der Waals surface area contributed by atoms with Crippen molar-refractivity contribution in [2.45, 2.75) is 52.4 Å². The molecular formula is C12H24N2O2. The molecule has 0 atom stereocenters. The monoisotopic (exact) mass is 228 g/mol. The van der Waals surface area contributed by atoms with Gasteiger partial charge in [0.25, 0.3) is 0 Å². The Balaban J connectivity index is 3.21. The standard InChI is InChI=1S/C12H24N2O2/c1-3-13-11(15)9-7-5-6-8-10-12(16)14-4-2/h3-10H2,1-2H3,(H,13,15)(H,14,16). The lowest BCUT2D eigenvalue weighted by atomic mass is 10.1. The van der Waals surface area contributed by atoms with Gasteiger partial charge in [-0.3, -0.25) is 9.59 Å². The van der Waals surface area contributed by atoms with Crippen molar-refractivity contribution in [1.29, 1.82) is 0 Å². The molecule has 0 heterocycles. The Bertz CT molecular complexity index is 183. The molecule has 2 amide bonds. The maximum atomic E-state index is 11.1. The van der Waals surface area contributed by atoms with E-state index in [9.17, 15) is 9.59 Å². The Morgan fingerprint density at radius 3 is 1.44 bits per heavy atom. The molecule has 4 heteroatoms. The van der Waals surface area contributed by atoms with E-state index in [1.54, 1.807) is 0 Å². The van der Waals surface area contributed by atoms with Crippen molar-refractivity contribution in [2.24, 2.45) is 0 Å². The zero-order valence-corrected chi connectivity index (χ0v) is 10.5. The Kier molecular flexibility index (Phi) is 9.76. The number of hydrogen-bond donors (Lipinski definition) is 2. The Hall–Kier alpha value is -1.06. The fourth-order valence-electron chi connectivity index (χ4n) is 1.50. The summed E-state index contributed by atoms with van der Waals surface area (Å²) in [6, 6.07) is 0. The number of amides is 2. The van der Waals surface area contributed by atoms with Gasteiger partial charge in [0.2, 0.25) is 11.8 Å². The van der Waals surface area contributed by atoms with E-state index in [0.29, 0.717) is 25.9 Å². The molecule has 0 rings (SSSR count). The quantitative estimate of drug-likeness (QED) is 0.589. The number of unbranched alkanes of at least 4 members (excludes halogenated alkanes) is 3. The van der Waals surface area contributed by atoms with Gasteiger partial charge in [0.1, 0.15) is 0 Å². The third-order valence-electron chi connectivity index (χ3n) is 2.31. The highest BCUT2D eigenvalue weighted by molar-refractivity contribution is 5.76. The van der Waals surface area contributed by atoms with Crippen LogP contribution in [0.15, 0.2) is 0 Å². The Morgan fingerprint density at radius 1 is 0.750 bits per heavy atom. The van der Waals surface area contributed by atoms with Crippen LogP contribution in [-0.4, -0.2) is 24.9 Å². The predicted molar refractivity (Wildman–Crippen MR) is 65.1 cm³/mol. The van der Waals surface area contributed by atoms with Gasteiger partial charge < -0.3 is 10.6 Å². The Morgan fingerprint density at radius 2 is 1.12 bits per heavy atom. The number of carbonyl (C=O) groups excluding carboxylic acids is 2. The molecule has 0 aliphatic carbocycles. The largest absolute Gasteiger partial charge is 0.356 e. The topological polar surface area (TPSA) is 58.2 Å². The number of carbonyl (C=O) groups is 2. The van der Waals surface area contributed by atoms with Crippen LogP contribution in [-0.2, 0) is 9.59 Å². The van der Waals surface area contributed by atoms with Gasteiger partial charge in [-0.1, -0.05) is 12.8 Å².